The first-order valence-corrected chi connectivity index (χ1v) is 7.59. The number of ether oxygens (including phenoxy) is 1. The molecule has 0 radical (unpaired) electrons. The highest BCUT2D eigenvalue weighted by Gasteiger charge is 2.21. The van der Waals surface area contributed by atoms with E-state index in [0.29, 0.717) is 24.8 Å². The van der Waals surface area contributed by atoms with Crippen LogP contribution >= 0.6 is 0 Å². The summed E-state index contributed by atoms with van der Waals surface area (Å²) in [7, 11) is 0. The fourth-order valence-corrected chi connectivity index (χ4v) is 3.39. The average molecular weight is 282 g/mol. The quantitative estimate of drug-likeness (QED) is 0.809. The maximum atomic E-state index is 11.4. The molecule has 0 atom stereocenters. The molecule has 1 saturated carbocycles. The molecule has 4 heteroatoms. The number of carbonyl (C=O) groups excluding carboxylic acids is 1. The third-order valence-corrected chi connectivity index (χ3v) is 4.58. The zero-order valence-corrected chi connectivity index (χ0v) is 11.9. The summed E-state index contributed by atoms with van der Waals surface area (Å²) < 4.78 is 7.45. The molecule has 2 heterocycles. The first kappa shape index (κ1) is 12.8. The predicted octanol–water partition coefficient (Wildman–Crippen LogP) is 3.51. The molecule has 1 aromatic carbocycles. The summed E-state index contributed by atoms with van der Waals surface area (Å²) in [5, 5.41) is 4.70. The molecule has 21 heavy (non-hydrogen) atoms. The van der Waals surface area contributed by atoms with Crippen molar-refractivity contribution >= 4 is 6.29 Å². The molecular weight excluding hydrogens is 264 g/mol. The van der Waals surface area contributed by atoms with Gasteiger partial charge >= 0.3 is 0 Å². The molecule has 0 N–H and O–H groups in total. The van der Waals surface area contributed by atoms with E-state index in [4.69, 9.17) is 9.84 Å². The van der Waals surface area contributed by atoms with Gasteiger partial charge in [-0.05, 0) is 30.0 Å². The molecule has 1 aliphatic heterocycles. The fraction of sp³-hybridized carbons (Fsp3) is 0.412. The van der Waals surface area contributed by atoms with E-state index in [1.165, 1.54) is 24.0 Å². The molecule has 1 aromatic heterocycles. The topological polar surface area (TPSA) is 44.1 Å². The Balaban J connectivity index is 1.75. The molecular formula is C17H18N2O2. The standard InChI is InChI=1S/C17H18N2O2/c20-9-15-8-19(16-3-1-2-4-16)18-17(15)12-5-6-13-10-21-11-14(13)7-12/h5-9,16H,1-4,10-11H2. The number of nitrogens with zero attached hydrogens (tertiary/aromatic N) is 2. The Morgan fingerprint density at radius 1 is 1.19 bits per heavy atom. The highest BCUT2D eigenvalue weighted by Crippen LogP contribution is 2.32. The summed E-state index contributed by atoms with van der Waals surface area (Å²) in [5.41, 5.74) is 4.94. The van der Waals surface area contributed by atoms with Gasteiger partial charge in [0.25, 0.3) is 0 Å². The second kappa shape index (κ2) is 5.11. The Bertz CT molecular complexity index is 684. The van der Waals surface area contributed by atoms with Crippen molar-refractivity contribution in [3.63, 3.8) is 0 Å². The SMILES string of the molecule is O=Cc1cn(C2CCCC2)nc1-c1ccc2c(c1)COC2. The molecule has 2 aliphatic rings. The van der Waals surface area contributed by atoms with Crippen LogP contribution in [-0.4, -0.2) is 16.1 Å². The Morgan fingerprint density at radius 2 is 2.00 bits per heavy atom. The maximum Gasteiger partial charge on any atom is 0.153 e. The molecule has 0 bridgehead atoms. The van der Waals surface area contributed by atoms with Gasteiger partial charge in [-0.2, -0.15) is 5.10 Å². The van der Waals surface area contributed by atoms with E-state index in [1.54, 1.807) is 0 Å². The van der Waals surface area contributed by atoms with Crippen molar-refractivity contribution in [1.82, 2.24) is 9.78 Å². The van der Waals surface area contributed by atoms with Gasteiger partial charge in [0.2, 0.25) is 0 Å². The van der Waals surface area contributed by atoms with Gasteiger partial charge in [-0.25, -0.2) is 0 Å². The Kier molecular flexibility index (Phi) is 3.11. The molecule has 108 valence electrons. The van der Waals surface area contributed by atoms with E-state index < -0.39 is 0 Å². The minimum Gasteiger partial charge on any atom is -0.372 e. The van der Waals surface area contributed by atoms with E-state index >= 15 is 0 Å². The van der Waals surface area contributed by atoms with Crippen molar-refractivity contribution in [2.75, 3.05) is 0 Å². The fourth-order valence-electron chi connectivity index (χ4n) is 3.39. The Labute approximate surface area is 123 Å². The number of carbonyl (C=O) groups is 1. The van der Waals surface area contributed by atoms with Crippen LogP contribution in [0.1, 0.15) is 53.2 Å². The molecule has 0 spiro atoms. The summed E-state index contributed by atoms with van der Waals surface area (Å²) in [6, 6.07) is 6.69. The monoisotopic (exact) mass is 282 g/mol. The van der Waals surface area contributed by atoms with Crippen LogP contribution in [0.3, 0.4) is 0 Å². The van der Waals surface area contributed by atoms with Crippen molar-refractivity contribution in [3.05, 3.63) is 41.1 Å². The lowest BCUT2D eigenvalue weighted by Gasteiger charge is -2.08. The Morgan fingerprint density at radius 3 is 2.81 bits per heavy atom. The normalized spacial score (nSPS) is 18.1. The van der Waals surface area contributed by atoms with Gasteiger partial charge in [-0.15, -0.1) is 0 Å². The molecule has 2 aromatic rings. The zero-order valence-electron chi connectivity index (χ0n) is 11.9. The lowest BCUT2D eigenvalue weighted by Crippen LogP contribution is -2.04. The first-order chi connectivity index (χ1) is 10.3. The second-order valence-corrected chi connectivity index (χ2v) is 5.95. The van der Waals surface area contributed by atoms with E-state index in [9.17, 15) is 4.79 Å². The summed E-state index contributed by atoms with van der Waals surface area (Å²) in [4.78, 5) is 11.4. The van der Waals surface area contributed by atoms with Crippen molar-refractivity contribution in [2.45, 2.75) is 44.9 Å². The van der Waals surface area contributed by atoms with Crippen LogP contribution in [0.5, 0.6) is 0 Å². The number of hydrogen-bond donors (Lipinski definition) is 0. The summed E-state index contributed by atoms with van der Waals surface area (Å²) in [5.74, 6) is 0. The van der Waals surface area contributed by atoms with Gasteiger partial charge in [0, 0.05) is 11.8 Å². The van der Waals surface area contributed by atoms with Gasteiger partial charge in [0.1, 0.15) is 5.69 Å². The molecule has 4 nitrogen and oxygen atoms in total. The maximum absolute atomic E-state index is 11.4. The van der Waals surface area contributed by atoms with Crippen LogP contribution in [0.4, 0.5) is 0 Å². The van der Waals surface area contributed by atoms with Crippen LogP contribution in [-0.2, 0) is 18.0 Å². The highest BCUT2D eigenvalue weighted by molar-refractivity contribution is 5.85. The van der Waals surface area contributed by atoms with Crippen LogP contribution in [0.25, 0.3) is 11.3 Å². The van der Waals surface area contributed by atoms with E-state index in [2.05, 4.69) is 12.1 Å². The average Bonchev–Trinajstić information content (AvgIpc) is 3.24. The van der Waals surface area contributed by atoms with Crippen molar-refractivity contribution < 1.29 is 9.53 Å². The molecule has 0 unspecified atom stereocenters. The van der Waals surface area contributed by atoms with E-state index in [0.717, 1.165) is 30.4 Å². The second-order valence-electron chi connectivity index (χ2n) is 5.95. The number of benzene rings is 1. The smallest absolute Gasteiger partial charge is 0.153 e. The molecule has 0 amide bonds. The van der Waals surface area contributed by atoms with Crippen molar-refractivity contribution in [3.8, 4) is 11.3 Å². The predicted molar refractivity (Wildman–Crippen MR) is 79.0 cm³/mol. The van der Waals surface area contributed by atoms with E-state index in [1.807, 2.05) is 16.9 Å². The number of fused-ring (bicyclic) bond motifs is 1. The van der Waals surface area contributed by atoms with Gasteiger partial charge < -0.3 is 4.74 Å². The van der Waals surface area contributed by atoms with Crippen molar-refractivity contribution in [1.29, 1.82) is 0 Å². The van der Waals surface area contributed by atoms with Crippen LogP contribution < -0.4 is 0 Å². The number of aldehydes is 1. The van der Waals surface area contributed by atoms with Crippen LogP contribution in [0.15, 0.2) is 24.4 Å². The summed E-state index contributed by atoms with van der Waals surface area (Å²) in [6.45, 7) is 1.34. The largest absolute Gasteiger partial charge is 0.372 e. The minimum absolute atomic E-state index is 0.454. The lowest BCUT2D eigenvalue weighted by atomic mass is 10.0. The molecule has 0 saturated heterocycles. The van der Waals surface area contributed by atoms with Crippen LogP contribution in [0.2, 0.25) is 0 Å². The molecule has 1 fully saturated rings. The van der Waals surface area contributed by atoms with Gasteiger partial charge in [0.15, 0.2) is 6.29 Å². The van der Waals surface area contributed by atoms with E-state index in [-0.39, 0.29) is 0 Å². The minimum atomic E-state index is 0.454. The third kappa shape index (κ3) is 2.20. The first-order valence-electron chi connectivity index (χ1n) is 7.59. The summed E-state index contributed by atoms with van der Waals surface area (Å²) >= 11 is 0. The zero-order chi connectivity index (χ0) is 14.2. The lowest BCUT2D eigenvalue weighted by molar-refractivity contribution is 0.112. The number of aromatic nitrogens is 2. The van der Waals surface area contributed by atoms with Gasteiger partial charge in [0.05, 0.1) is 24.8 Å². The Hall–Kier alpha value is -1.94. The summed E-state index contributed by atoms with van der Waals surface area (Å²) in [6.07, 6.45) is 7.66. The van der Waals surface area contributed by atoms with Gasteiger partial charge in [-0.3, -0.25) is 9.48 Å². The molecule has 1 aliphatic carbocycles. The highest BCUT2D eigenvalue weighted by atomic mass is 16.5. The van der Waals surface area contributed by atoms with Gasteiger partial charge in [-0.1, -0.05) is 25.0 Å². The third-order valence-electron chi connectivity index (χ3n) is 4.58. The number of rotatable bonds is 3. The number of hydrogen-bond acceptors (Lipinski definition) is 3. The van der Waals surface area contributed by atoms with Crippen molar-refractivity contribution in [2.24, 2.45) is 0 Å². The molecule has 4 rings (SSSR count). The van der Waals surface area contributed by atoms with Crippen LogP contribution in [0, 0.1) is 0 Å².